The molecule has 4 heteroatoms. The lowest BCUT2D eigenvalue weighted by molar-refractivity contribution is -0.140. The van der Waals surface area contributed by atoms with Gasteiger partial charge in [0.15, 0.2) is 0 Å². The molecule has 1 amide bonds. The molecule has 0 saturated heterocycles. The number of halogens is 1. The number of pyridine rings is 1. The molecule has 4 aliphatic rings. The van der Waals surface area contributed by atoms with Gasteiger partial charge in [0.2, 0.25) is 5.91 Å². The number of hydrogen-bond donors (Lipinski definition) is 1. The van der Waals surface area contributed by atoms with E-state index in [4.69, 9.17) is 0 Å². The molecule has 0 aliphatic heterocycles. The molecular formula is C17H21BrN2O. The molecular weight excluding hydrogens is 328 g/mol. The van der Waals surface area contributed by atoms with Crippen LogP contribution in [0, 0.1) is 30.1 Å². The zero-order chi connectivity index (χ0) is 14.6. The van der Waals surface area contributed by atoms with Gasteiger partial charge in [-0.25, -0.2) is 4.98 Å². The van der Waals surface area contributed by atoms with Gasteiger partial charge in [-0.15, -0.1) is 0 Å². The molecule has 1 aromatic rings. The van der Waals surface area contributed by atoms with E-state index in [9.17, 15) is 4.79 Å². The second kappa shape index (κ2) is 4.80. The lowest BCUT2D eigenvalue weighted by Crippen LogP contribution is -2.51. The maximum Gasteiger partial charge on any atom is 0.230 e. The molecule has 4 saturated carbocycles. The van der Waals surface area contributed by atoms with Crippen LogP contribution >= 0.6 is 15.9 Å². The predicted octanol–water partition coefficient (Wildman–Crippen LogP) is 4.31. The zero-order valence-electron chi connectivity index (χ0n) is 12.4. The fourth-order valence-corrected chi connectivity index (χ4v) is 5.70. The van der Waals surface area contributed by atoms with Crippen LogP contribution < -0.4 is 5.32 Å². The lowest BCUT2D eigenvalue weighted by Gasteiger charge is -2.55. The van der Waals surface area contributed by atoms with E-state index in [2.05, 4.69) is 26.2 Å². The van der Waals surface area contributed by atoms with Crippen molar-refractivity contribution < 1.29 is 4.79 Å². The predicted molar refractivity (Wildman–Crippen MR) is 85.9 cm³/mol. The van der Waals surface area contributed by atoms with Gasteiger partial charge in [-0.3, -0.25) is 4.79 Å². The van der Waals surface area contributed by atoms with E-state index < -0.39 is 0 Å². The molecule has 0 aromatic carbocycles. The zero-order valence-corrected chi connectivity index (χ0v) is 13.9. The highest BCUT2D eigenvalue weighted by Gasteiger charge is 2.54. The molecule has 4 fully saturated rings. The second-order valence-corrected chi connectivity index (χ2v) is 8.23. The molecule has 1 N–H and O–H groups in total. The molecule has 0 radical (unpaired) electrons. The summed E-state index contributed by atoms with van der Waals surface area (Å²) < 4.78 is 0.813. The van der Waals surface area contributed by atoms with E-state index in [0.717, 1.165) is 53.0 Å². The van der Waals surface area contributed by atoms with Crippen molar-refractivity contribution in [3.63, 3.8) is 0 Å². The summed E-state index contributed by atoms with van der Waals surface area (Å²) in [5.41, 5.74) is 1.65. The summed E-state index contributed by atoms with van der Waals surface area (Å²) in [6.07, 6.45) is 7.41. The summed E-state index contributed by atoms with van der Waals surface area (Å²) in [6, 6.07) is 3.84. The highest BCUT2D eigenvalue weighted by Crippen LogP contribution is 2.60. The average Bonchev–Trinajstić information content (AvgIpc) is 2.40. The van der Waals surface area contributed by atoms with E-state index in [1.165, 1.54) is 19.3 Å². The van der Waals surface area contributed by atoms with Crippen molar-refractivity contribution >= 4 is 27.5 Å². The Labute approximate surface area is 134 Å². The summed E-state index contributed by atoms with van der Waals surface area (Å²) in [7, 11) is 0. The van der Waals surface area contributed by atoms with Gasteiger partial charge >= 0.3 is 0 Å². The number of hydrogen-bond acceptors (Lipinski definition) is 2. The van der Waals surface area contributed by atoms with Crippen LogP contribution in [-0.4, -0.2) is 10.9 Å². The van der Waals surface area contributed by atoms with Crippen LogP contribution in [0.5, 0.6) is 0 Å². The van der Waals surface area contributed by atoms with Gasteiger partial charge in [0.1, 0.15) is 4.60 Å². The summed E-state index contributed by atoms with van der Waals surface area (Å²) in [5, 5.41) is 3.17. The van der Waals surface area contributed by atoms with Crippen LogP contribution in [-0.2, 0) is 4.79 Å². The van der Waals surface area contributed by atoms with E-state index in [1.807, 2.05) is 19.1 Å². The number of nitrogens with zero attached hydrogens (tertiary/aromatic N) is 1. The molecule has 4 bridgehead atoms. The minimum Gasteiger partial charge on any atom is -0.324 e. The monoisotopic (exact) mass is 348 g/mol. The number of carbonyl (C=O) groups excluding carboxylic acids is 1. The first kappa shape index (κ1) is 13.7. The summed E-state index contributed by atoms with van der Waals surface area (Å²) in [5.74, 6) is 2.64. The van der Waals surface area contributed by atoms with Gasteiger partial charge in [-0.1, -0.05) is 0 Å². The van der Waals surface area contributed by atoms with Gasteiger partial charge in [-0.05, 0) is 91.3 Å². The van der Waals surface area contributed by atoms with E-state index >= 15 is 0 Å². The van der Waals surface area contributed by atoms with Crippen LogP contribution in [0.4, 0.5) is 5.69 Å². The van der Waals surface area contributed by atoms with Crippen molar-refractivity contribution in [2.24, 2.45) is 23.2 Å². The Hall–Kier alpha value is -0.900. The van der Waals surface area contributed by atoms with E-state index in [1.54, 1.807) is 0 Å². The third-order valence-electron chi connectivity index (χ3n) is 5.82. The normalized spacial score (nSPS) is 36.8. The van der Waals surface area contributed by atoms with Crippen molar-refractivity contribution in [2.75, 3.05) is 5.32 Å². The molecule has 1 aromatic heterocycles. The number of anilines is 1. The summed E-state index contributed by atoms with van der Waals surface area (Å²) in [6.45, 7) is 1.94. The van der Waals surface area contributed by atoms with Crippen molar-refractivity contribution in [1.82, 2.24) is 4.98 Å². The van der Waals surface area contributed by atoms with E-state index in [0.29, 0.717) is 0 Å². The average molecular weight is 349 g/mol. The fourth-order valence-electron chi connectivity index (χ4n) is 5.31. The molecule has 5 rings (SSSR count). The Bertz CT molecular complexity index is 563. The highest BCUT2D eigenvalue weighted by molar-refractivity contribution is 9.10. The number of amides is 1. The van der Waals surface area contributed by atoms with E-state index in [-0.39, 0.29) is 11.3 Å². The van der Waals surface area contributed by atoms with Gasteiger partial charge < -0.3 is 5.32 Å². The van der Waals surface area contributed by atoms with Crippen molar-refractivity contribution in [3.8, 4) is 0 Å². The number of aryl methyl sites for hydroxylation is 1. The number of carbonyl (C=O) groups is 1. The molecule has 112 valence electrons. The summed E-state index contributed by atoms with van der Waals surface area (Å²) in [4.78, 5) is 17.3. The van der Waals surface area contributed by atoms with Crippen molar-refractivity contribution in [1.29, 1.82) is 0 Å². The number of nitrogens with one attached hydrogen (secondary N) is 1. The lowest BCUT2D eigenvalue weighted by atomic mass is 9.49. The van der Waals surface area contributed by atoms with Crippen LogP contribution in [0.1, 0.15) is 44.2 Å². The van der Waals surface area contributed by atoms with Gasteiger partial charge in [0.25, 0.3) is 0 Å². The third-order valence-corrected chi connectivity index (χ3v) is 6.26. The van der Waals surface area contributed by atoms with Crippen LogP contribution in [0.25, 0.3) is 0 Å². The number of rotatable bonds is 2. The standard InChI is InChI=1S/C17H21BrN2O/c1-10-14(2-3-15(18)19-10)20-16(21)17-7-11-4-12(8-17)6-13(5-11)9-17/h2-3,11-13H,4-9H2,1H3,(H,20,21). The molecule has 21 heavy (non-hydrogen) atoms. The Balaban J connectivity index is 1.57. The number of aromatic nitrogens is 1. The quantitative estimate of drug-likeness (QED) is 0.809. The molecule has 0 atom stereocenters. The van der Waals surface area contributed by atoms with Crippen LogP contribution in [0.2, 0.25) is 0 Å². The fraction of sp³-hybridized carbons (Fsp3) is 0.647. The van der Waals surface area contributed by atoms with Crippen molar-refractivity contribution in [2.45, 2.75) is 45.4 Å². The summed E-state index contributed by atoms with van der Waals surface area (Å²) >= 11 is 3.37. The molecule has 3 nitrogen and oxygen atoms in total. The first-order valence-corrected chi connectivity index (χ1v) is 8.78. The second-order valence-electron chi connectivity index (χ2n) is 7.42. The Morgan fingerprint density at radius 1 is 1.19 bits per heavy atom. The van der Waals surface area contributed by atoms with Gasteiger partial charge in [0.05, 0.1) is 16.8 Å². The topological polar surface area (TPSA) is 42.0 Å². The first-order valence-electron chi connectivity index (χ1n) is 7.99. The van der Waals surface area contributed by atoms with Gasteiger partial charge in [-0.2, -0.15) is 0 Å². The maximum absolute atomic E-state index is 13.0. The van der Waals surface area contributed by atoms with Gasteiger partial charge in [0, 0.05) is 0 Å². The maximum atomic E-state index is 13.0. The Kier molecular flexibility index (Phi) is 3.14. The van der Waals surface area contributed by atoms with Crippen LogP contribution in [0.15, 0.2) is 16.7 Å². The van der Waals surface area contributed by atoms with Crippen LogP contribution in [0.3, 0.4) is 0 Å². The molecule has 1 heterocycles. The molecule has 0 unspecified atom stereocenters. The molecule has 0 spiro atoms. The minimum absolute atomic E-state index is 0.0890. The molecule has 4 aliphatic carbocycles. The SMILES string of the molecule is Cc1nc(Br)ccc1NC(=O)C12CC3CC(CC(C3)C1)C2. The largest absolute Gasteiger partial charge is 0.324 e. The Morgan fingerprint density at radius 2 is 1.76 bits per heavy atom. The minimum atomic E-state index is -0.0890. The highest BCUT2D eigenvalue weighted by atomic mass is 79.9. The smallest absolute Gasteiger partial charge is 0.230 e. The Morgan fingerprint density at radius 3 is 2.29 bits per heavy atom. The van der Waals surface area contributed by atoms with Crippen molar-refractivity contribution in [3.05, 3.63) is 22.4 Å². The first-order chi connectivity index (χ1) is 10.0. The third kappa shape index (κ3) is 2.32.